The first-order chi connectivity index (χ1) is 8.04. The number of sulfonamides is 1. The summed E-state index contributed by atoms with van der Waals surface area (Å²) in [5.74, 6) is -0.773. The quantitative estimate of drug-likeness (QED) is 0.844. The van der Waals surface area contributed by atoms with Gasteiger partial charge in [0.2, 0.25) is 10.0 Å². The summed E-state index contributed by atoms with van der Waals surface area (Å²) in [4.78, 5) is -0.548. The molecule has 0 radical (unpaired) electrons. The molecule has 0 aliphatic carbocycles. The normalized spacial score (nSPS) is 12.8. The lowest BCUT2D eigenvalue weighted by Gasteiger charge is -2.16. The van der Waals surface area contributed by atoms with Crippen LogP contribution in [0.25, 0.3) is 0 Å². The topological polar surface area (TPSA) is 46.6 Å². The second kappa shape index (κ2) is 5.06. The third-order valence-corrected chi connectivity index (χ3v) is 4.24. The van der Waals surface area contributed by atoms with Crippen LogP contribution in [-0.2, 0) is 10.0 Å². The van der Waals surface area contributed by atoms with Crippen LogP contribution in [0.3, 0.4) is 0 Å². The van der Waals surface area contributed by atoms with E-state index in [9.17, 15) is 21.6 Å². The number of benzene rings is 1. The van der Waals surface area contributed by atoms with Crippen LogP contribution in [0.5, 0.6) is 5.75 Å². The minimum absolute atomic E-state index is 0.277. The highest BCUT2D eigenvalue weighted by molar-refractivity contribution is 9.10. The lowest BCUT2D eigenvalue weighted by molar-refractivity contribution is -0.275. The zero-order valence-corrected chi connectivity index (χ0v) is 11.7. The van der Waals surface area contributed by atoms with Gasteiger partial charge in [0.15, 0.2) is 5.75 Å². The molecule has 0 saturated carbocycles. The van der Waals surface area contributed by atoms with E-state index in [4.69, 9.17) is 0 Å². The van der Waals surface area contributed by atoms with E-state index in [0.717, 1.165) is 16.4 Å². The fourth-order valence-corrected chi connectivity index (χ4v) is 2.42. The van der Waals surface area contributed by atoms with E-state index in [1.807, 2.05) is 0 Å². The van der Waals surface area contributed by atoms with Crippen molar-refractivity contribution in [3.8, 4) is 5.75 Å². The van der Waals surface area contributed by atoms with Gasteiger partial charge in [0.25, 0.3) is 0 Å². The lowest BCUT2D eigenvalue weighted by atomic mass is 10.3. The smallest absolute Gasteiger partial charge is 0.404 e. The zero-order chi connectivity index (χ0) is 14.1. The predicted molar refractivity (Wildman–Crippen MR) is 61.7 cm³/mol. The Morgan fingerprint density at radius 3 is 2.28 bits per heavy atom. The molecule has 0 spiro atoms. The molecular formula is C9H9BrF3NO3S. The van der Waals surface area contributed by atoms with Gasteiger partial charge < -0.3 is 4.74 Å². The molecule has 0 unspecified atom stereocenters. The summed E-state index contributed by atoms with van der Waals surface area (Å²) in [6, 6.07) is 3.31. The molecule has 0 amide bonds. The van der Waals surface area contributed by atoms with Crippen LogP contribution in [-0.4, -0.2) is 33.2 Å². The Kier molecular flexibility index (Phi) is 4.29. The summed E-state index contributed by atoms with van der Waals surface area (Å²) < 4.78 is 65.0. The van der Waals surface area contributed by atoms with Crippen LogP contribution in [0.1, 0.15) is 0 Å². The number of rotatable bonds is 3. The monoisotopic (exact) mass is 347 g/mol. The molecule has 1 aromatic rings. The number of alkyl halides is 3. The molecular weight excluding hydrogens is 339 g/mol. The fourth-order valence-electron chi connectivity index (χ4n) is 1.10. The lowest BCUT2D eigenvalue weighted by Crippen LogP contribution is -2.25. The van der Waals surface area contributed by atoms with E-state index in [-0.39, 0.29) is 4.47 Å². The van der Waals surface area contributed by atoms with Crippen molar-refractivity contribution in [1.29, 1.82) is 0 Å². The Labute approximate surface area is 111 Å². The van der Waals surface area contributed by atoms with E-state index < -0.39 is 27.0 Å². The molecule has 4 nitrogen and oxygen atoms in total. The van der Waals surface area contributed by atoms with Crippen molar-refractivity contribution in [1.82, 2.24) is 4.31 Å². The summed E-state index contributed by atoms with van der Waals surface area (Å²) >= 11 is 2.95. The standard InChI is InChI=1S/C9H9BrF3NO3S/c1-14(2)18(15,16)8-4-3-6(10)5-7(8)17-9(11,12)13/h3-5H,1-2H3. The third kappa shape index (κ3) is 3.59. The number of hydrogen-bond acceptors (Lipinski definition) is 3. The van der Waals surface area contributed by atoms with Crippen LogP contribution in [0.2, 0.25) is 0 Å². The van der Waals surface area contributed by atoms with Crippen LogP contribution in [0.15, 0.2) is 27.6 Å². The van der Waals surface area contributed by atoms with Gasteiger partial charge in [-0.2, -0.15) is 0 Å². The summed E-state index contributed by atoms with van der Waals surface area (Å²) in [7, 11) is -1.58. The summed E-state index contributed by atoms with van der Waals surface area (Å²) in [5.41, 5.74) is 0. The van der Waals surface area contributed by atoms with Gasteiger partial charge in [-0.15, -0.1) is 13.2 Å². The molecule has 18 heavy (non-hydrogen) atoms. The molecule has 102 valence electrons. The van der Waals surface area contributed by atoms with Crippen LogP contribution in [0.4, 0.5) is 13.2 Å². The highest BCUT2D eigenvalue weighted by Crippen LogP contribution is 2.33. The number of hydrogen-bond donors (Lipinski definition) is 0. The van der Waals surface area contributed by atoms with Crippen LogP contribution in [0, 0.1) is 0 Å². The van der Waals surface area contributed by atoms with E-state index in [1.54, 1.807) is 0 Å². The Balaban J connectivity index is 3.37. The van der Waals surface area contributed by atoms with Crippen molar-refractivity contribution in [3.63, 3.8) is 0 Å². The SMILES string of the molecule is CN(C)S(=O)(=O)c1ccc(Br)cc1OC(F)(F)F. The van der Waals surface area contributed by atoms with Crippen molar-refractivity contribution in [2.45, 2.75) is 11.3 Å². The Bertz CT molecular complexity index is 542. The van der Waals surface area contributed by atoms with Gasteiger partial charge in [0.1, 0.15) is 4.90 Å². The molecule has 0 aliphatic heterocycles. The zero-order valence-electron chi connectivity index (χ0n) is 9.32. The predicted octanol–water partition coefficient (Wildman–Crippen LogP) is 2.60. The van der Waals surface area contributed by atoms with Crippen molar-refractivity contribution < 1.29 is 26.3 Å². The molecule has 0 aliphatic rings. The Morgan fingerprint density at radius 1 is 1.28 bits per heavy atom. The molecule has 0 N–H and O–H groups in total. The first-order valence-corrected chi connectivity index (χ1v) is 6.75. The molecule has 9 heteroatoms. The van der Waals surface area contributed by atoms with E-state index in [2.05, 4.69) is 20.7 Å². The fraction of sp³-hybridized carbons (Fsp3) is 0.333. The van der Waals surface area contributed by atoms with E-state index in [1.165, 1.54) is 20.2 Å². The summed E-state index contributed by atoms with van der Waals surface area (Å²) in [6.45, 7) is 0. The molecule has 1 aromatic carbocycles. The second-order valence-corrected chi connectivity index (χ2v) is 6.46. The minimum atomic E-state index is -4.96. The summed E-state index contributed by atoms with van der Waals surface area (Å²) in [5, 5.41) is 0. The number of ether oxygens (including phenoxy) is 1. The molecule has 0 fully saturated rings. The van der Waals surface area contributed by atoms with Crippen molar-refractivity contribution in [3.05, 3.63) is 22.7 Å². The molecule has 0 atom stereocenters. The highest BCUT2D eigenvalue weighted by Gasteiger charge is 2.34. The maximum atomic E-state index is 12.2. The van der Waals surface area contributed by atoms with Gasteiger partial charge >= 0.3 is 6.36 Å². The Hall–Kier alpha value is -0.800. The molecule has 0 saturated heterocycles. The average molecular weight is 348 g/mol. The van der Waals surface area contributed by atoms with Gasteiger partial charge in [-0.3, -0.25) is 0 Å². The Morgan fingerprint density at radius 2 is 1.83 bits per heavy atom. The molecule has 0 heterocycles. The minimum Gasteiger partial charge on any atom is -0.404 e. The van der Waals surface area contributed by atoms with Crippen molar-refractivity contribution in [2.75, 3.05) is 14.1 Å². The van der Waals surface area contributed by atoms with E-state index >= 15 is 0 Å². The van der Waals surface area contributed by atoms with Crippen LogP contribution < -0.4 is 4.74 Å². The van der Waals surface area contributed by atoms with Gasteiger partial charge in [-0.05, 0) is 18.2 Å². The van der Waals surface area contributed by atoms with Crippen LogP contribution >= 0.6 is 15.9 Å². The maximum absolute atomic E-state index is 12.2. The molecule has 0 aromatic heterocycles. The van der Waals surface area contributed by atoms with Gasteiger partial charge in [-0.25, -0.2) is 12.7 Å². The number of nitrogens with zero attached hydrogens (tertiary/aromatic N) is 1. The molecule has 0 bridgehead atoms. The average Bonchev–Trinajstić information content (AvgIpc) is 2.13. The molecule has 1 rings (SSSR count). The van der Waals surface area contributed by atoms with Gasteiger partial charge in [0.05, 0.1) is 0 Å². The first-order valence-electron chi connectivity index (χ1n) is 4.52. The van der Waals surface area contributed by atoms with Crippen molar-refractivity contribution >= 4 is 26.0 Å². The first kappa shape index (κ1) is 15.3. The van der Waals surface area contributed by atoms with E-state index in [0.29, 0.717) is 0 Å². The largest absolute Gasteiger partial charge is 0.573 e. The maximum Gasteiger partial charge on any atom is 0.573 e. The van der Waals surface area contributed by atoms with Gasteiger partial charge in [-0.1, -0.05) is 15.9 Å². The van der Waals surface area contributed by atoms with Crippen molar-refractivity contribution in [2.24, 2.45) is 0 Å². The number of halogens is 4. The highest BCUT2D eigenvalue weighted by atomic mass is 79.9. The third-order valence-electron chi connectivity index (χ3n) is 1.89. The summed E-state index contributed by atoms with van der Waals surface area (Å²) in [6.07, 6.45) is -4.96. The second-order valence-electron chi connectivity index (χ2n) is 3.43. The van der Waals surface area contributed by atoms with Gasteiger partial charge in [0, 0.05) is 18.6 Å².